The van der Waals surface area contributed by atoms with E-state index in [1.54, 1.807) is 4.90 Å². The average molecular weight is 481 g/mol. The topological polar surface area (TPSA) is 107 Å². The molecule has 1 N–H and O–H groups in total. The van der Waals surface area contributed by atoms with Crippen LogP contribution in [0.1, 0.15) is 44.9 Å². The molecule has 178 valence electrons. The number of hydrogen-bond acceptors (Lipinski definition) is 7. The molecule has 3 rings (SSSR count). The van der Waals surface area contributed by atoms with Crippen molar-refractivity contribution in [1.29, 1.82) is 0 Å². The van der Waals surface area contributed by atoms with E-state index in [4.69, 9.17) is 25.5 Å². The molecule has 33 heavy (non-hydrogen) atoms. The summed E-state index contributed by atoms with van der Waals surface area (Å²) in [5.74, 6) is -0.0310. The van der Waals surface area contributed by atoms with Crippen LogP contribution in [0.15, 0.2) is 34.9 Å². The standard InChI is InChI=1S/C22H26ClFN4O5/c1-13(25-18(29)12-31-15-6-7-16(23)17(24)9-15)5-8-19-26-27-20(32-19)14-10-28(11-14)21(30)33-22(2,3)4/h6-7,9,14H,1,5,8,10-12H2,2-4H3,(H,25,29). The third-order valence-electron chi connectivity index (χ3n) is 4.58. The number of rotatable bonds is 8. The molecule has 0 atom stereocenters. The van der Waals surface area contributed by atoms with Crippen LogP contribution in [-0.4, -0.2) is 52.4 Å². The summed E-state index contributed by atoms with van der Waals surface area (Å²) in [4.78, 5) is 25.6. The number of aryl methyl sites for hydroxylation is 1. The van der Waals surface area contributed by atoms with Crippen molar-refractivity contribution in [3.8, 4) is 5.75 Å². The zero-order chi connectivity index (χ0) is 24.2. The fraction of sp³-hybridized carbons (Fsp3) is 0.455. The summed E-state index contributed by atoms with van der Waals surface area (Å²) < 4.78 is 29.6. The number of halogens is 2. The van der Waals surface area contributed by atoms with Gasteiger partial charge in [0, 0.05) is 31.3 Å². The highest BCUT2D eigenvalue weighted by Crippen LogP contribution is 2.28. The van der Waals surface area contributed by atoms with Crippen molar-refractivity contribution in [1.82, 2.24) is 20.4 Å². The van der Waals surface area contributed by atoms with Gasteiger partial charge in [-0.2, -0.15) is 0 Å². The lowest BCUT2D eigenvalue weighted by Gasteiger charge is -2.37. The van der Waals surface area contributed by atoms with E-state index in [-0.39, 0.29) is 29.4 Å². The van der Waals surface area contributed by atoms with E-state index in [0.29, 0.717) is 43.4 Å². The maximum Gasteiger partial charge on any atom is 0.410 e. The summed E-state index contributed by atoms with van der Waals surface area (Å²) in [6.45, 7) is 9.86. The molecule has 11 heteroatoms. The zero-order valence-corrected chi connectivity index (χ0v) is 19.4. The Bertz CT molecular complexity index is 1030. The molecule has 1 aliphatic heterocycles. The number of amides is 2. The smallest absolute Gasteiger partial charge is 0.410 e. The molecule has 0 bridgehead atoms. The minimum atomic E-state index is -0.627. The van der Waals surface area contributed by atoms with Crippen LogP contribution in [0.4, 0.5) is 9.18 Å². The minimum absolute atomic E-state index is 0.0259. The Balaban J connectivity index is 1.37. The lowest BCUT2D eigenvalue weighted by Crippen LogP contribution is -2.50. The van der Waals surface area contributed by atoms with Crippen molar-refractivity contribution in [3.05, 3.63) is 53.1 Å². The molecule has 0 aliphatic carbocycles. The Morgan fingerprint density at radius 3 is 2.73 bits per heavy atom. The molecule has 1 aromatic carbocycles. The first-order valence-corrected chi connectivity index (χ1v) is 10.7. The molecular weight excluding hydrogens is 455 g/mol. The highest BCUT2D eigenvalue weighted by Gasteiger charge is 2.37. The van der Waals surface area contributed by atoms with Crippen LogP contribution >= 0.6 is 11.6 Å². The van der Waals surface area contributed by atoms with E-state index in [1.807, 2.05) is 20.8 Å². The second-order valence-electron chi connectivity index (χ2n) is 8.63. The Hall–Kier alpha value is -3.14. The third kappa shape index (κ3) is 7.18. The number of ether oxygens (including phenoxy) is 2. The summed E-state index contributed by atoms with van der Waals surface area (Å²) >= 11 is 5.61. The van der Waals surface area contributed by atoms with Crippen LogP contribution in [0, 0.1) is 5.82 Å². The minimum Gasteiger partial charge on any atom is -0.484 e. The van der Waals surface area contributed by atoms with Crippen molar-refractivity contribution in [2.75, 3.05) is 19.7 Å². The number of benzene rings is 1. The lowest BCUT2D eigenvalue weighted by atomic mass is 10.0. The van der Waals surface area contributed by atoms with Gasteiger partial charge in [0.05, 0.1) is 10.9 Å². The fourth-order valence-electron chi connectivity index (χ4n) is 2.91. The van der Waals surface area contributed by atoms with Crippen molar-refractivity contribution in [2.45, 2.75) is 45.1 Å². The number of carbonyl (C=O) groups excluding carboxylic acids is 2. The molecule has 1 fully saturated rings. The number of nitrogens with one attached hydrogen (secondary N) is 1. The number of hydrogen-bond donors (Lipinski definition) is 1. The highest BCUT2D eigenvalue weighted by molar-refractivity contribution is 6.30. The van der Waals surface area contributed by atoms with E-state index in [9.17, 15) is 14.0 Å². The van der Waals surface area contributed by atoms with Gasteiger partial charge in [-0.05, 0) is 39.3 Å². The first-order valence-electron chi connectivity index (χ1n) is 10.4. The largest absolute Gasteiger partial charge is 0.484 e. The van der Waals surface area contributed by atoms with Gasteiger partial charge in [0.2, 0.25) is 11.8 Å². The molecule has 2 amide bonds. The van der Waals surface area contributed by atoms with E-state index in [0.717, 1.165) is 6.07 Å². The molecule has 1 aliphatic rings. The van der Waals surface area contributed by atoms with Crippen LogP contribution in [0.3, 0.4) is 0 Å². The van der Waals surface area contributed by atoms with Crippen molar-refractivity contribution < 1.29 is 27.9 Å². The maximum atomic E-state index is 13.4. The molecule has 0 radical (unpaired) electrons. The predicted molar refractivity (Wildman–Crippen MR) is 117 cm³/mol. The number of nitrogens with zero attached hydrogens (tertiary/aromatic N) is 3. The molecule has 0 unspecified atom stereocenters. The summed E-state index contributed by atoms with van der Waals surface area (Å²) in [5.41, 5.74) is -0.0947. The Morgan fingerprint density at radius 2 is 2.06 bits per heavy atom. The predicted octanol–water partition coefficient (Wildman–Crippen LogP) is 3.84. The van der Waals surface area contributed by atoms with E-state index >= 15 is 0 Å². The molecule has 0 spiro atoms. The molecular formula is C22H26ClFN4O5. The first kappa shape index (κ1) is 24.5. The van der Waals surface area contributed by atoms with Gasteiger partial charge in [0.25, 0.3) is 5.91 Å². The Labute approximate surface area is 195 Å². The first-order chi connectivity index (χ1) is 15.5. The van der Waals surface area contributed by atoms with Gasteiger partial charge in [0.1, 0.15) is 17.2 Å². The van der Waals surface area contributed by atoms with Gasteiger partial charge in [0.15, 0.2) is 6.61 Å². The van der Waals surface area contributed by atoms with Crippen molar-refractivity contribution in [2.24, 2.45) is 0 Å². The second kappa shape index (κ2) is 10.2. The number of allylic oxidation sites excluding steroid dienone is 1. The van der Waals surface area contributed by atoms with Gasteiger partial charge in [-0.1, -0.05) is 18.2 Å². The summed E-state index contributed by atoms with van der Waals surface area (Å²) in [6.07, 6.45) is 0.408. The van der Waals surface area contributed by atoms with E-state index in [2.05, 4.69) is 22.1 Å². The Morgan fingerprint density at radius 1 is 1.33 bits per heavy atom. The molecule has 1 aromatic heterocycles. The zero-order valence-electron chi connectivity index (χ0n) is 18.7. The summed E-state index contributed by atoms with van der Waals surface area (Å²) in [6, 6.07) is 3.92. The lowest BCUT2D eigenvalue weighted by molar-refractivity contribution is -0.122. The van der Waals surface area contributed by atoms with Gasteiger partial charge in [-0.3, -0.25) is 4.79 Å². The van der Waals surface area contributed by atoms with E-state index in [1.165, 1.54) is 12.1 Å². The van der Waals surface area contributed by atoms with Crippen LogP contribution in [0.2, 0.25) is 5.02 Å². The second-order valence-corrected chi connectivity index (χ2v) is 9.04. The molecule has 2 aromatic rings. The molecule has 9 nitrogen and oxygen atoms in total. The third-order valence-corrected chi connectivity index (χ3v) is 4.89. The molecule has 2 heterocycles. The van der Waals surface area contributed by atoms with Crippen LogP contribution in [0.25, 0.3) is 0 Å². The van der Waals surface area contributed by atoms with Crippen LogP contribution < -0.4 is 10.1 Å². The normalized spacial score (nSPS) is 13.9. The fourth-order valence-corrected chi connectivity index (χ4v) is 3.03. The average Bonchev–Trinajstić information content (AvgIpc) is 3.13. The summed E-state index contributed by atoms with van der Waals surface area (Å²) in [5, 5.41) is 10.6. The van der Waals surface area contributed by atoms with Crippen LogP contribution in [0.5, 0.6) is 5.75 Å². The number of likely N-dealkylation sites (tertiary alicyclic amines) is 1. The molecule has 1 saturated heterocycles. The highest BCUT2D eigenvalue weighted by atomic mass is 35.5. The summed E-state index contributed by atoms with van der Waals surface area (Å²) in [7, 11) is 0. The monoisotopic (exact) mass is 480 g/mol. The Kier molecular flexibility index (Phi) is 7.57. The number of carbonyl (C=O) groups is 2. The van der Waals surface area contributed by atoms with Gasteiger partial charge >= 0.3 is 6.09 Å². The van der Waals surface area contributed by atoms with Gasteiger partial charge in [-0.15, -0.1) is 10.2 Å². The number of aromatic nitrogens is 2. The van der Waals surface area contributed by atoms with E-state index < -0.39 is 17.3 Å². The van der Waals surface area contributed by atoms with Gasteiger partial charge < -0.3 is 24.1 Å². The quantitative estimate of drug-likeness (QED) is 0.611. The van der Waals surface area contributed by atoms with Crippen molar-refractivity contribution in [3.63, 3.8) is 0 Å². The van der Waals surface area contributed by atoms with Crippen molar-refractivity contribution >= 4 is 23.6 Å². The molecule has 0 saturated carbocycles. The maximum absolute atomic E-state index is 13.4. The van der Waals surface area contributed by atoms with Gasteiger partial charge in [-0.25, -0.2) is 9.18 Å². The SMILES string of the molecule is C=C(CCc1nnc(C2CN(C(=O)OC(C)(C)C)C2)o1)NC(=O)COc1ccc(Cl)c(F)c1. The van der Waals surface area contributed by atoms with Crippen LogP contribution in [-0.2, 0) is 16.0 Å².